The zero-order valence-corrected chi connectivity index (χ0v) is 20.3. The molecule has 8 heteroatoms. The van der Waals surface area contributed by atoms with Gasteiger partial charge >= 0.3 is 12.2 Å². The monoisotopic (exact) mass is 438 g/mol. The normalized spacial score (nSPS) is 26.7. The van der Waals surface area contributed by atoms with E-state index in [0.29, 0.717) is 19.5 Å². The summed E-state index contributed by atoms with van der Waals surface area (Å²) in [5.41, 5.74) is -0.923. The summed E-state index contributed by atoms with van der Waals surface area (Å²) in [5.74, 6) is 0.216. The molecule has 2 heterocycles. The Kier molecular flexibility index (Phi) is 8.16. The van der Waals surface area contributed by atoms with Crippen molar-refractivity contribution in [2.75, 3.05) is 26.3 Å². The van der Waals surface area contributed by atoms with Gasteiger partial charge in [0.2, 0.25) is 0 Å². The molecule has 0 aromatic rings. The van der Waals surface area contributed by atoms with Gasteiger partial charge in [-0.3, -0.25) is 4.90 Å². The summed E-state index contributed by atoms with van der Waals surface area (Å²) in [6.07, 6.45) is 4.58. The van der Waals surface area contributed by atoms with Crippen LogP contribution in [0.4, 0.5) is 9.59 Å². The molecule has 2 rings (SSSR count). The fourth-order valence-electron chi connectivity index (χ4n) is 4.50. The summed E-state index contributed by atoms with van der Waals surface area (Å²) in [6.45, 7) is 19.4. The van der Waals surface area contributed by atoms with Gasteiger partial charge in [-0.2, -0.15) is 0 Å². The Morgan fingerprint density at radius 1 is 1.13 bits per heavy atom. The lowest BCUT2D eigenvalue weighted by Gasteiger charge is -2.46. The van der Waals surface area contributed by atoms with Gasteiger partial charge in [0.15, 0.2) is 14.8 Å². The molecule has 0 aromatic heterocycles. The van der Waals surface area contributed by atoms with Crippen molar-refractivity contribution in [1.82, 2.24) is 9.80 Å². The molecule has 0 radical (unpaired) electrons. The smallest absolute Gasteiger partial charge is 0.412 e. The number of nitrogens with zero attached hydrogens (tertiary/aromatic N) is 2. The number of carbonyl (C=O) groups excluding carboxylic acids is 2. The number of likely N-dealkylation sites (tertiary alicyclic amines) is 2. The van der Waals surface area contributed by atoms with Gasteiger partial charge in [-0.1, -0.05) is 46.1 Å². The van der Waals surface area contributed by atoms with Crippen LogP contribution in [0.3, 0.4) is 0 Å². The van der Waals surface area contributed by atoms with Gasteiger partial charge in [-0.15, -0.1) is 0 Å². The van der Waals surface area contributed by atoms with E-state index in [9.17, 15) is 9.59 Å². The number of amides is 2. The van der Waals surface area contributed by atoms with Crippen molar-refractivity contribution in [3.63, 3.8) is 0 Å². The van der Waals surface area contributed by atoms with Crippen LogP contribution >= 0.6 is 0 Å². The SMILES string of the molecule is C=CCOC(=O)N1CCCC1[C@@]1(O[SiH](C)C)C[C@H](C(C)(C)C)CN1C(=O)OCC=C. The molecule has 0 N–H and O–H groups in total. The first-order chi connectivity index (χ1) is 14.1. The molecule has 2 amide bonds. The molecule has 1 unspecified atom stereocenters. The van der Waals surface area contributed by atoms with E-state index in [0.717, 1.165) is 12.8 Å². The predicted molar refractivity (Wildman–Crippen MR) is 120 cm³/mol. The van der Waals surface area contributed by atoms with Crippen molar-refractivity contribution in [3.8, 4) is 0 Å². The Morgan fingerprint density at radius 2 is 1.73 bits per heavy atom. The van der Waals surface area contributed by atoms with E-state index in [4.69, 9.17) is 13.9 Å². The van der Waals surface area contributed by atoms with Crippen LogP contribution in [-0.2, 0) is 13.9 Å². The predicted octanol–water partition coefficient (Wildman–Crippen LogP) is 4.16. The van der Waals surface area contributed by atoms with Crippen LogP contribution in [-0.4, -0.2) is 69.1 Å². The van der Waals surface area contributed by atoms with Crippen molar-refractivity contribution < 1.29 is 23.5 Å². The third kappa shape index (κ3) is 5.27. The van der Waals surface area contributed by atoms with E-state index < -0.39 is 20.9 Å². The van der Waals surface area contributed by atoms with Crippen molar-refractivity contribution in [1.29, 1.82) is 0 Å². The fraction of sp³-hybridized carbons (Fsp3) is 0.727. The van der Waals surface area contributed by atoms with E-state index >= 15 is 0 Å². The molecule has 7 nitrogen and oxygen atoms in total. The number of ether oxygens (including phenoxy) is 2. The summed E-state index contributed by atoms with van der Waals surface area (Å²) in [7, 11) is -1.58. The minimum Gasteiger partial charge on any atom is -0.445 e. The van der Waals surface area contributed by atoms with Gasteiger partial charge in [0.05, 0.1) is 6.04 Å². The highest BCUT2D eigenvalue weighted by atomic mass is 28.3. The maximum Gasteiger partial charge on any atom is 0.412 e. The summed E-state index contributed by atoms with van der Waals surface area (Å²) >= 11 is 0. The van der Waals surface area contributed by atoms with Crippen molar-refractivity contribution in [2.24, 2.45) is 11.3 Å². The first kappa shape index (κ1) is 24.5. The number of hydrogen-bond acceptors (Lipinski definition) is 5. The van der Waals surface area contributed by atoms with Crippen molar-refractivity contribution in [2.45, 2.75) is 64.9 Å². The molecule has 170 valence electrons. The molecule has 2 fully saturated rings. The Morgan fingerprint density at radius 3 is 2.27 bits per heavy atom. The maximum absolute atomic E-state index is 13.1. The topological polar surface area (TPSA) is 68.3 Å². The molecule has 0 aliphatic carbocycles. The van der Waals surface area contributed by atoms with Gasteiger partial charge < -0.3 is 18.8 Å². The highest BCUT2D eigenvalue weighted by Gasteiger charge is 2.59. The molecule has 3 atom stereocenters. The third-order valence-corrected chi connectivity index (χ3v) is 6.82. The molecule has 2 aliphatic rings. The Hall–Kier alpha value is -1.80. The van der Waals surface area contributed by atoms with E-state index in [-0.39, 0.29) is 36.7 Å². The molecular weight excluding hydrogens is 400 g/mol. The molecule has 0 saturated carbocycles. The second-order valence-corrected chi connectivity index (χ2v) is 11.8. The van der Waals surface area contributed by atoms with Crippen LogP contribution in [0.1, 0.15) is 40.0 Å². The minimum absolute atomic E-state index is 0.0204. The summed E-state index contributed by atoms with van der Waals surface area (Å²) < 4.78 is 17.5. The Labute approximate surface area is 182 Å². The zero-order valence-electron chi connectivity index (χ0n) is 19.2. The van der Waals surface area contributed by atoms with E-state index in [1.54, 1.807) is 22.0 Å². The standard InChI is InChI=1S/C22H38N2O5Si/c1-8-13-27-19(25)23-12-10-11-18(23)22(29-30(6)7)15-17(21(3,4)5)16-24(22)20(26)28-14-9-2/h8-9,17-18,30H,1-2,10-16H2,3-7H3/t17-,18?,22-/m0/s1. The molecule has 0 spiro atoms. The molecule has 30 heavy (non-hydrogen) atoms. The molecule has 0 aromatic carbocycles. The largest absolute Gasteiger partial charge is 0.445 e. The van der Waals surface area contributed by atoms with Gasteiger partial charge in [0.1, 0.15) is 13.2 Å². The van der Waals surface area contributed by atoms with Gasteiger partial charge in [0, 0.05) is 19.5 Å². The summed E-state index contributed by atoms with van der Waals surface area (Å²) in [6, 6.07) is -0.270. The van der Waals surface area contributed by atoms with Gasteiger partial charge in [-0.05, 0) is 37.3 Å². The lowest BCUT2D eigenvalue weighted by atomic mass is 9.78. The van der Waals surface area contributed by atoms with E-state index in [1.165, 1.54) is 0 Å². The second-order valence-electron chi connectivity index (χ2n) is 9.47. The minimum atomic E-state index is -1.58. The van der Waals surface area contributed by atoms with E-state index in [1.807, 2.05) is 0 Å². The second kappa shape index (κ2) is 10.0. The first-order valence-corrected chi connectivity index (χ1v) is 13.6. The molecular formula is C22H38N2O5Si. The molecule has 0 bridgehead atoms. The number of carbonyl (C=O) groups is 2. The highest BCUT2D eigenvalue weighted by Crippen LogP contribution is 2.48. The maximum atomic E-state index is 13.1. The van der Waals surface area contributed by atoms with Crippen LogP contribution < -0.4 is 0 Å². The zero-order chi connectivity index (χ0) is 22.5. The van der Waals surface area contributed by atoms with Crippen molar-refractivity contribution >= 4 is 21.2 Å². The lowest BCUT2D eigenvalue weighted by molar-refractivity contribution is -0.0977. The quantitative estimate of drug-likeness (QED) is 0.441. The van der Waals surface area contributed by atoms with Crippen LogP contribution in [0.15, 0.2) is 25.3 Å². The van der Waals surface area contributed by atoms with Crippen LogP contribution in [0.5, 0.6) is 0 Å². The van der Waals surface area contributed by atoms with Crippen molar-refractivity contribution in [3.05, 3.63) is 25.3 Å². The number of rotatable bonds is 7. The first-order valence-electron chi connectivity index (χ1n) is 10.8. The third-order valence-electron chi connectivity index (χ3n) is 5.94. The Balaban J connectivity index is 2.46. The van der Waals surface area contributed by atoms with Crippen LogP contribution in [0, 0.1) is 11.3 Å². The van der Waals surface area contributed by atoms with Gasteiger partial charge in [-0.25, -0.2) is 9.59 Å². The highest BCUT2D eigenvalue weighted by molar-refractivity contribution is 6.48. The number of hydrogen-bond donors (Lipinski definition) is 0. The van der Waals surface area contributed by atoms with Gasteiger partial charge in [0.25, 0.3) is 0 Å². The van der Waals surface area contributed by atoms with Crippen LogP contribution in [0.25, 0.3) is 0 Å². The molecule has 2 saturated heterocycles. The molecule has 2 aliphatic heterocycles. The summed E-state index contributed by atoms with van der Waals surface area (Å²) in [4.78, 5) is 29.4. The summed E-state index contributed by atoms with van der Waals surface area (Å²) in [5, 5.41) is 0. The average molecular weight is 439 g/mol. The van der Waals surface area contributed by atoms with Crippen LogP contribution in [0.2, 0.25) is 13.1 Å². The van der Waals surface area contributed by atoms with E-state index in [2.05, 4.69) is 47.0 Å². The fourth-order valence-corrected chi connectivity index (χ4v) is 5.70. The average Bonchev–Trinajstić information content (AvgIpc) is 3.29. The lowest BCUT2D eigenvalue weighted by Crippen LogP contribution is -2.63. The Bertz CT molecular complexity index is 648.